The van der Waals surface area contributed by atoms with E-state index in [-0.39, 0.29) is 17.3 Å². The Hall–Kier alpha value is -1.79. The molecule has 0 aromatic heterocycles. The van der Waals surface area contributed by atoms with Crippen LogP contribution in [0.25, 0.3) is 0 Å². The third kappa shape index (κ3) is 3.86. The van der Waals surface area contributed by atoms with Gasteiger partial charge in [-0.3, -0.25) is 0 Å². The lowest BCUT2D eigenvalue weighted by Crippen LogP contribution is -2.51. The van der Waals surface area contributed by atoms with Crippen molar-refractivity contribution in [3.8, 4) is 0 Å². The Bertz CT molecular complexity index is 574. The van der Waals surface area contributed by atoms with Crippen LogP contribution in [0.5, 0.6) is 0 Å². The average molecular weight is 313 g/mol. The highest BCUT2D eigenvalue weighted by atomic mass is 35.5. The molecule has 0 spiro atoms. The molecule has 7 heteroatoms. The largest absolute Gasteiger partial charge is 0.478 e. The predicted molar refractivity (Wildman–Crippen MR) is 79.0 cm³/mol. The van der Waals surface area contributed by atoms with Gasteiger partial charge in [-0.15, -0.1) is 0 Å². The van der Waals surface area contributed by atoms with E-state index in [1.807, 2.05) is 13.8 Å². The van der Waals surface area contributed by atoms with Crippen LogP contribution in [0.4, 0.5) is 10.5 Å². The van der Waals surface area contributed by atoms with Gasteiger partial charge >= 0.3 is 12.0 Å². The smallest absolute Gasteiger partial charge is 0.337 e. The van der Waals surface area contributed by atoms with Gasteiger partial charge < -0.3 is 20.1 Å². The summed E-state index contributed by atoms with van der Waals surface area (Å²) in [4.78, 5) is 25.0. The Morgan fingerprint density at radius 2 is 2.14 bits per heavy atom. The number of urea groups is 1. The van der Waals surface area contributed by atoms with Crippen LogP contribution in [0.3, 0.4) is 0 Å². The van der Waals surface area contributed by atoms with E-state index in [0.29, 0.717) is 24.7 Å². The third-order valence-corrected chi connectivity index (χ3v) is 3.40. The Morgan fingerprint density at radius 1 is 1.43 bits per heavy atom. The monoisotopic (exact) mass is 312 g/mol. The van der Waals surface area contributed by atoms with E-state index in [2.05, 4.69) is 5.32 Å². The van der Waals surface area contributed by atoms with Gasteiger partial charge in [-0.25, -0.2) is 9.59 Å². The summed E-state index contributed by atoms with van der Waals surface area (Å²) in [6.07, 6.45) is 0. The minimum absolute atomic E-state index is 0.0385. The maximum Gasteiger partial charge on any atom is 0.337 e. The fourth-order valence-electron chi connectivity index (χ4n) is 2.19. The van der Waals surface area contributed by atoms with E-state index >= 15 is 0 Å². The number of nitrogens with one attached hydrogen (secondary N) is 1. The highest BCUT2D eigenvalue weighted by Gasteiger charge is 2.30. The van der Waals surface area contributed by atoms with Crippen LogP contribution in [0.1, 0.15) is 24.2 Å². The van der Waals surface area contributed by atoms with Gasteiger partial charge in [0.25, 0.3) is 0 Å². The van der Waals surface area contributed by atoms with Crippen LogP contribution >= 0.6 is 11.6 Å². The zero-order valence-corrected chi connectivity index (χ0v) is 12.6. The first kappa shape index (κ1) is 15.6. The SMILES string of the molecule is CC1(C)CN(C(=O)Nc2ccc(Cl)cc2C(=O)O)CCO1. The maximum absolute atomic E-state index is 12.2. The average Bonchev–Trinajstić information content (AvgIpc) is 2.39. The van der Waals surface area contributed by atoms with Crippen LogP contribution in [-0.4, -0.2) is 47.3 Å². The molecule has 114 valence electrons. The minimum Gasteiger partial charge on any atom is -0.478 e. The van der Waals surface area contributed by atoms with Crippen molar-refractivity contribution >= 4 is 29.3 Å². The van der Waals surface area contributed by atoms with Gasteiger partial charge in [-0.1, -0.05) is 11.6 Å². The number of ether oxygens (including phenoxy) is 1. The number of anilines is 1. The topological polar surface area (TPSA) is 78.9 Å². The molecule has 2 amide bonds. The Balaban J connectivity index is 2.14. The summed E-state index contributed by atoms with van der Waals surface area (Å²) in [5.41, 5.74) is -0.227. The lowest BCUT2D eigenvalue weighted by Gasteiger charge is -2.38. The first-order chi connectivity index (χ1) is 9.78. The second kappa shape index (κ2) is 5.91. The molecule has 1 aliphatic rings. The van der Waals surface area contributed by atoms with Gasteiger partial charge in [0.05, 0.1) is 30.0 Å². The normalized spacial score (nSPS) is 17.4. The molecule has 2 N–H and O–H groups in total. The van der Waals surface area contributed by atoms with E-state index in [9.17, 15) is 9.59 Å². The van der Waals surface area contributed by atoms with Gasteiger partial charge in [-0.05, 0) is 32.0 Å². The highest BCUT2D eigenvalue weighted by Crippen LogP contribution is 2.22. The number of hydrogen-bond donors (Lipinski definition) is 2. The molecule has 21 heavy (non-hydrogen) atoms. The summed E-state index contributed by atoms with van der Waals surface area (Å²) >= 11 is 5.78. The number of carbonyl (C=O) groups excluding carboxylic acids is 1. The molecule has 0 aliphatic carbocycles. The number of carboxylic acids is 1. The summed E-state index contributed by atoms with van der Waals surface area (Å²) in [6.45, 7) is 5.15. The summed E-state index contributed by atoms with van der Waals surface area (Å²) in [6, 6.07) is 3.97. The summed E-state index contributed by atoms with van der Waals surface area (Å²) < 4.78 is 5.54. The Morgan fingerprint density at radius 3 is 2.76 bits per heavy atom. The van der Waals surface area contributed by atoms with Crippen molar-refractivity contribution < 1.29 is 19.4 Å². The lowest BCUT2D eigenvalue weighted by molar-refractivity contribution is -0.0720. The molecule has 0 bridgehead atoms. The second-order valence-electron chi connectivity index (χ2n) is 5.45. The van der Waals surface area contributed by atoms with Crippen molar-refractivity contribution in [3.05, 3.63) is 28.8 Å². The van der Waals surface area contributed by atoms with Gasteiger partial charge in [0.15, 0.2) is 0 Å². The number of amides is 2. The van der Waals surface area contributed by atoms with Gasteiger partial charge in [0.2, 0.25) is 0 Å². The first-order valence-corrected chi connectivity index (χ1v) is 6.89. The summed E-state index contributed by atoms with van der Waals surface area (Å²) in [5, 5.41) is 12.1. The van der Waals surface area contributed by atoms with Crippen molar-refractivity contribution in [2.45, 2.75) is 19.4 Å². The molecule has 2 rings (SSSR count). The summed E-state index contributed by atoms with van der Waals surface area (Å²) in [5.74, 6) is -1.14. The number of halogens is 1. The molecule has 1 saturated heterocycles. The minimum atomic E-state index is -1.14. The number of aromatic carboxylic acids is 1. The standard InChI is InChI=1S/C14H17ClN2O4/c1-14(2)8-17(5-6-21-14)13(20)16-11-4-3-9(15)7-10(11)12(18)19/h3-4,7H,5-6,8H2,1-2H3,(H,16,20)(H,18,19). The van der Waals surface area contributed by atoms with Crippen molar-refractivity contribution in [1.29, 1.82) is 0 Å². The van der Waals surface area contributed by atoms with Crippen molar-refractivity contribution in [2.75, 3.05) is 25.0 Å². The molecule has 1 heterocycles. The number of nitrogens with zero attached hydrogens (tertiary/aromatic N) is 1. The van der Waals surface area contributed by atoms with Crippen LogP contribution in [0, 0.1) is 0 Å². The highest BCUT2D eigenvalue weighted by molar-refractivity contribution is 6.31. The first-order valence-electron chi connectivity index (χ1n) is 6.51. The fraction of sp³-hybridized carbons (Fsp3) is 0.429. The zero-order chi connectivity index (χ0) is 15.6. The van der Waals surface area contributed by atoms with E-state index in [4.69, 9.17) is 21.4 Å². The van der Waals surface area contributed by atoms with Crippen molar-refractivity contribution in [1.82, 2.24) is 4.90 Å². The number of hydrogen-bond acceptors (Lipinski definition) is 3. The predicted octanol–water partition coefficient (Wildman–Crippen LogP) is 2.68. The fourth-order valence-corrected chi connectivity index (χ4v) is 2.36. The number of morpholine rings is 1. The van der Waals surface area contributed by atoms with E-state index < -0.39 is 11.6 Å². The van der Waals surface area contributed by atoms with Gasteiger partial charge in [-0.2, -0.15) is 0 Å². The Labute approximate surface area is 127 Å². The lowest BCUT2D eigenvalue weighted by atomic mass is 10.1. The van der Waals surface area contributed by atoms with Gasteiger partial charge in [0.1, 0.15) is 0 Å². The van der Waals surface area contributed by atoms with Crippen LogP contribution in [-0.2, 0) is 4.74 Å². The molecule has 1 fully saturated rings. The van der Waals surface area contributed by atoms with E-state index in [0.717, 1.165) is 0 Å². The molecule has 0 saturated carbocycles. The summed E-state index contributed by atoms with van der Waals surface area (Å²) in [7, 11) is 0. The molecule has 1 aromatic carbocycles. The van der Waals surface area contributed by atoms with Crippen LogP contribution in [0.2, 0.25) is 5.02 Å². The molecule has 1 aliphatic heterocycles. The molecular weight excluding hydrogens is 296 g/mol. The molecular formula is C14H17ClN2O4. The third-order valence-electron chi connectivity index (χ3n) is 3.17. The maximum atomic E-state index is 12.2. The Kier molecular flexibility index (Phi) is 4.39. The van der Waals surface area contributed by atoms with E-state index in [1.165, 1.54) is 18.2 Å². The molecule has 0 unspecified atom stereocenters. The van der Waals surface area contributed by atoms with Gasteiger partial charge in [0, 0.05) is 11.6 Å². The number of carbonyl (C=O) groups is 2. The van der Waals surface area contributed by atoms with E-state index in [1.54, 1.807) is 4.90 Å². The number of rotatable bonds is 2. The molecule has 6 nitrogen and oxygen atoms in total. The second-order valence-corrected chi connectivity index (χ2v) is 5.89. The molecule has 0 atom stereocenters. The molecule has 0 radical (unpaired) electrons. The van der Waals surface area contributed by atoms with Crippen LogP contribution < -0.4 is 5.32 Å². The number of benzene rings is 1. The zero-order valence-electron chi connectivity index (χ0n) is 11.9. The van der Waals surface area contributed by atoms with Crippen molar-refractivity contribution in [2.24, 2.45) is 0 Å². The van der Waals surface area contributed by atoms with Crippen LogP contribution in [0.15, 0.2) is 18.2 Å². The quantitative estimate of drug-likeness (QED) is 0.880. The number of carboxylic acid groups (broad SMARTS) is 1. The van der Waals surface area contributed by atoms with Crippen molar-refractivity contribution in [3.63, 3.8) is 0 Å². The molecule has 1 aromatic rings.